The van der Waals surface area contributed by atoms with Crippen LogP contribution in [0.15, 0.2) is 12.1 Å². The molecule has 0 N–H and O–H groups in total. The van der Waals surface area contributed by atoms with E-state index in [0.717, 1.165) is 12.1 Å². The van der Waals surface area contributed by atoms with Crippen molar-refractivity contribution < 1.29 is 38.1 Å². The molecule has 2 aromatic rings. The highest BCUT2D eigenvalue weighted by atomic mass is 35.5. The average molecular weight is 785 g/mol. The molecule has 2 aliphatic carbocycles. The van der Waals surface area contributed by atoms with Gasteiger partial charge < -0.3 is 18.9 Å². The average Bonchev–Trinajstić information content (AvgIpc) is 3.57. The van der Waals surface area contributed by atoms with Gasteiger partial charge in [0.25, 0.3) is 0 Å². The summed E-state index contributed by atoms with van der Waals surface area (Å²) in [5.74, 6) is -5.82. The number of carbonyl (C=O) groups is 4. The molecular formula is C34H36Cl6O8. The summed E-state index contributed by atoms with van der Waals surface area (Å²) in [6.45, 7) is 17.2. The van der Waals surface area contributed by atoms with Gasteiger partial charge in [-0.25, -0.2) is 19.2 Å². The molecule has 2 fully saturated rings. The first kappa shape index (κ1) is 38.9. The Morgan fingerprint density at radius 1 is 0.542 bits per heavy atom. The van der Waals surface area contributed by atoms with E-state index in [-0.39, 0.29) is 65.0 Å². The van der Waals surface area contributed by atoms with E-state index in [1.54, 1.807) is 0 Å². The van der Waals surface area contributed by atoms with Gasteiger partial charge in [-0.15, -0.1) is 0 Å². The molecule has 2 saturated carbocycles. The van der Waals surface area contributed by atoms with Gasteiger partial charge in [0.15, 0.2) is 11.5 Å². The first-order valence-electron chi connectivity index (χ1n) is 15.1. The van der Waals surface area contributed by atoms with Crippen LogP contribution in [-0.4, -0.2) is 37.1 Å². The van der Waals surface area contributed by atoms with Gasteiger partial charge in [0, 0.05) is 0 Å². The van der Waals surface area contributed by atoms with Gasteiger partial charge in [0.05, 0.1) is 43.3 Å². The predicted octanol–water partition coefficient (Wildman–Crippen LogP) is 10.6. The molecule has 8 nitrogen and oxygen atoms in total. The van der Waals surface area contributed by atoms with Crippen LogP contribution >= 0.6 is 69.6 Å². The van der Waals surface area contributed by atoms with Crippen molar-refractivity contribution in [1.29, 1.82) is 0 Å². The van der Waals surface area contributed by atoms with Gasteiger partial charge >= 0.3 is 23.9 Å². The Kier molecular flexibility index (Phi) is 11.0. The summed E-state index contributed by atoms with van der Waals surface area (Å²) in [5, 5.41) is -1.52. The molecule has 0 radical (unpaired) electrons. The largest absolute Gasteiger partial charge is 0.462 e. The van der Waals surface area contributed by atoms with Crippen molar-refractivity contribution in [2.45, 2.75) is 68.2 Å². The summed E-state index contributed by atoms with van der Waals surface area (Å²) in [5.41, 5.74) is -0.675. The monoisotopic (exact) mass is 782 g/mol. The SMILES string of the molecule is CC1(C)C(CCOC(=O)c2c(Cl)c(Cl)cc(Cl)c2OC(=O)C(=O)Oc2c(Cl)cc(Cl)c(Cl)c2C(=O)OCCC2C(C)(C)C2(C)C)C1(C)C. The van der Waals surface area contributed by atoms with E-state index in [1.807, 2.05) is 0 Å². The Hall–Kier alpha value is -1.94. The van der Waals surface area contributed by atoms with E-state index in [4.69, 9.17) is 88.6 Å². The smallest absolute Gasteiger partial charge is 0.423 e. The molecule has 0 saturated heterocycles. The third-order valence-corrected chi connectivity index (χ3v) is 13.3. The van der Waals surface area contributed by atoms with Gasteiger partial charge in [-0.1, -0.05) is 125 Å². The summed E-state index contributed by atoms with van der Waals surface area (Å²) in [4.78, 5) is 52.4. The number of hydrogen-bond donors (Lipinski definition) is 0. The molecule has 14 heteroatoms. The van der Waals surface area contributed by atoms with Crippen molar-refractivity contribution in [2.75, 3.05) is 13.2 Å². The van der Waals surface area contributed by atoms with Gasteiger partial charge in [-0.3, -0.25) is 0 Å². The molecule has 48 heavy (non-hydrogen) atoms. The van der Waals surface area contributed by atoms with Crippen molar-refractivity contribution in [2.24, 2.45) is 33.5 Å². The Morgan fingerprint density at radius 3 is 1.10 bits per heavy atom. The summed E-state index contributed by atoms with van der Waals surface area (Å²) in [7, 11) is 0. The van der Waals surface area contributed by atoms with Crippen LogP contribution in [0.2, 0.25) is 30.1 Å². The predicted molar refractivity (Wildman–Crippen MR) is 186 cm³/mol. The number of benzene rings is 2. The van der Waals surface area contributed by atoms with Crippen LogP contribution in [0.5, 0.6) is 11.5 Å². The number of carbonyl (C=O) groups excluding carboxylic acids is 4. The summed E-state index contributed by atoms with van der Waals surface area (Å²) in [6, 6.07) is 2.25. The topological polar surface area (TPSA) is 105 Å². The molecule has 0 bridgehead atoms. The molecule has 2 aliphatic rings. The first-order valence-corrected chi connectivity index (χ1v) is 17.4. The molecule has 0 heterocycles. The molecule has 2 aromatic carbocycles. The minimum Gasteiger partial charge on any atom is -0.462 e. The third-order valence-electron chi connectivity index (χ3n) is 11.1. The van der Waals surface area contributed by atoms with Crippen molar-refractivity contribution >= 4 is 93.5 Å². The molecule has 0 amide bonds. The highest BCUT2D eigenvalue weighted by molar-refractivity contribution is 6.47. The van der Waals surface area contributed by atoms with Crippen molar-refractivity contribution in [3.63, 3.8) is 0 Å². The minimum atomic E-state index is -1.65. The van der Waals surface area contributed by atoms with E-state index >= 15 is 0 Å². The fraction of sp³-hybridized carbons (Fsp3) is 0.529. The molecule has 0 spiro atoms. The van der Waals surface area contributed by atoms with Crippen LogP contribution in [0.4, 0.5) is 0 Å². The molecular weight excluding hydrogens is 749 g/mol. The minimum absolute atomic E-state index is 0.0388. The van der Waals surface area contributed by atoms with Crippen LogP contribution in [0.1, 0.15) is 88.9 Å². The molecule has 0 atom stereocenters. The van der Waals surface area contributed by atoms with Crippen LogP contribution in [0.3, 0.4) is 0 Å². The van der Waals surface area contributed by atoms with Crippen LogP contribution in [0.25, 0.3) is 0 Å². The van der Waals surface area contributed by atoms with E-state index in [0.29, 0.717) is 24.7 Å². The standard InChI is InChI=1S/C34H36Cl6O8/c1-31(2)19(32(31,3)4)9-11-45-27(41)21-23(39)15(35)13-17(37)25(21)47-29(43)30(44)48-26-18(38)14-16(36)24(40)22(26)28(42)46-12-10-20-33(5,6)34(20,7)8/h13-14,19-20H,9-12H2,1-8H3. The maximum absolute atomic E-state index is 13.2. The maximum atomic E-state index is 13.2. The summed E-state index contributed by atoms with van der Waals surface area (Å²) >= 11 is 37.5. The summed E-state index contributed by atoms with van der Waals surface area (Å²) < 4.78 is 21.3. The van der Waals surface area contributed by atoms with Crippen LogP contribution < -0.4 is 9.47 Å². The highest BCUT2D eigenvalue weighted by Gasteiger charge is 2.64. The number of esters is 4. The van der Waals surface area contributed by atoms with E-state index in [9.17, 15) is 19.2 Å². The van der Waals surface area contributed by atoms with Crippen LogP contribution in [0, 0.1) is 33.5 Å². The lowest BCUT2D eigenvalue weighted by Crippen LogP contribution is -2.27. The van der Waals surface area contributed by atoms with Gasteiger partial charge in [-0.05, 0) is 58.5 Å². The second-order valence-corrected chi connectivity index (χ2v) is 16.7. The Labute approximate surface area is 309 Å². The lowest BCUT2D eigenvalue weighted by molar-refractivity contribution is -0.156. The fourth-order valence-corrected chi connectivity index (χ4v) is 8.22. The zero-order valence-electron chi connectivity index (χ0n) is 27.7. The van der Waals surface area contributed by atoms with Crippen molar-refractivity contribution in [1.82, 2.24) is 0 Å². The second kappa shape index (κ2) is 13.6. The normalized spacial score (nSPS) is 18.5. The second-order valence-electron chi connectivity index (χ2n) is 14.3. The van der Waals surface area contributed by atoms with E-state index < -0.39 is 46.5 Å². The van der Waals surface area contributed by atoms with Crippen LogP contribution in [-0.2, 0) is 19.1 Å². The molecule has 0 unspecified atom stereocenters. The maximum Gasteiger partial charge on any atom is 0.423 e. The Bertz CT molecular complexity index is 1550. The number of halogens is 6. The van der Waals surface area contributed by atoms with Gasteiger partial charge in [0.1, 0.15) is 11.1 Å². The van der Waals surface area contributed by atoms with E-state index in [2.05, 4.69) is 55.4 Å². The van der Waals surface area contributed by atoms with Crippen molar-refractivity contribution in [3.8, 4) is 11.5 Å². The quantitative estimate of drug-likeness (QED) is 0.101. The molecule has 262 valence electrons. The third kappa shape index (κ3) is 7.00. The molecule has 4 rings (SSSR count). The highest BCUT2D eigenvalue weighted by Crippen LogP contribution is 2.70. The molecule has 0 aromatic heterocycles. The van der Waals surface area contributed by atoms with Crippen molar-refractivity contribution in [3.05, 3.63) is 53.4 Å². The zero-order valence-corrected chi connectivity index (χ0v) is 32.2. The number of hydrogen-bond acceptors (Lipinski definition) is 8. The number of rotatable bonds is 10. The lowest BCUT2D eigenvalue weighted by Gasteiger charge is -2.16. The Balaban J connectivity index is 1.50. The number of ether oxygens (including phenoxy) is 4. The van der Waals surface area contributed by atoms with Gasteiger partial charge in [0.2, 0.25) is 0 Å². The fourth-order valence-electron chi connectivity index (χ4n) is 6.78. The first-order chi connectivity index (χ1) is 22.0. The zero-order chi connectivity index (χ0) is 36.3. The Morgan fingerprint density at radius 2 is 0.833 bits per heavy atom. The lowest BCUT2D eigenvalue weighted by atomic mass is 10.0. The molecule has 0 aliphatic heterocycles. The van der Waals surface area contributed by atoms with E-state index in [1.165, 1.54) is 0 Å². The van der Waals surface area contributed by atoms with Gasteiger partial charge in [-0.2, -0.15) is 0 Å². The summed E-state index contributed by atoms with van der Waals surface area (Å²) in [6.07, 6.45) is 1.15.